The first-order valence-electron chi connectivity index (χ1n) is 19.0. The average Bonchev–Trinajstić information content (AvgIpc) is 3.73. The van der Waals surface area contributed by atoms with Crippen LogP contribution in [0, 0.1) is 23.7 Å². The summed E-state index contributed by atoms with van der Waals surface area (Å²) < 4.78 is 0. The molecule has 6 aromatic carbocycles. The molecule has 0 fully saturated rings. The summed E-state index contributed by atoms with van der Waals surface area (Å²) >= 11 is 0. The smallest absolute Gasteiger partial charge is 0.161 e. The number of benzene rings is 4. The molecule has 0 amide bonds. The monoisotopic (exact) mass is 790 g/mol. The second-order valence-corrected chi connectivity index (χ2v) is 20.2. The van der Waals surface area contributed by atoms with Gasteiger partial charge < -0.3 is 0 Å². The Morgan fingerprint density at radius 3 is 1.00 bits per heavy atom. The Labute approximate surface area is 333 Å². The second kappa shape index (κ2) is 22.8. The Hall–Kier alpha value is -2.16. The third-order valence-electron chi connectivity index (χ3n) is 8.67. The topological polar surface area (TPSA) is 0 Å². The molecule has 0 saturated carbocycles. The minimum Gasteiger partial charge on any atom is -0.161 e. The van der Waals surface area contributed by atoms with Gasteiger partial charge in [-0.05, 0) is 72.3 Å². The van der Waals surface area contributed by atoms with Crippen molar-refractivity contribution in [2.24, 2.45) is 23.7 Å². The molecule has 3 heteroatoms. The maximum Gasteiger partial charge on any atom is 2.00 e. The molecule has 0 bridgehead atoms. The molecule has 51 heavy (non-hydrogen) atoms. The molecule has 6 rings (SSSR count). The Morgan fingerprint density at radius 2 is 0.706 bits per heavy atom. The molecule has 0 radical (unpaired) electrons. The van der Waals surface area contributed by atoms with E-state index in [1.54, 1.807) is 10.6 Å². The van der Waals surface area contributed by atoms with Crippen molar-refractivity contribution in [1.29, 1.82) is 0 Å². The summed E-state index contributed by atoms with van der Waals surface area (Å²) in [6.45, 7) is 18.8. The standard InChI is InChI=1S/2C17H24P.C14H14.Zr/c2*1-13(2)11-18(12-14(3)4)17-9-15-7-5-6-8-16(15)10-17;1-3-7-13(8-4-1)11-12-14-9-5-2-6-10-14;/h2*5-10,13-14H,11-12H2,1-4H3;1-10H,11-12H2;/q2*-1;;+2. The van der Waals surface area contributed by atoms with E-state index < -0.39 is 0 Å². The number of rotatable bonds is 13. The van der Waals surface area contributed by atoms with E-state index in [1.165, 1.54) is 57.3 Å². The van der Waals surface area contributed by atoms with Crippen molar-refractivity contribution in [1.82, 2.24) is 0 Å². The zero-order chi connectivity index (χ0) is 35.9. The third kappa shape index (κ3) is 15.4. The maximum absolute atomic E-state index is 2.42. The summed E-state index contributed by atoms with van der Waals surface area (Å²) in [6, 6.07) is 48.4. The van der Waals surface area contributed by atoms with Crippen LogP contribution in [0.1, 0.15) is 66.5 Å². The van der Waals surface area contributed by atoms with E-state index in [-0.39, 0.29) is 42.0 Å². The molecule has 0 aliphatic carbocycles. The largest absolute Gasteiger partial charge is 2.00 e. The zero-order valence-corrected chi connectivity index (χ0v) is 36.9. The molecule has 0 unspecified atom stereocenters. The molecule has 0 atom stereocenters. The van der Waals surface area contributed by atoms with Gasteiger partial charge in [0.05, 0.1) is 0 Å². The fourth-order valence-corrected chi connectivity index (χ4v) is 12.5. The van der Waals surface area contributed by atoms with Crippen molar-refractivity contribution in [3.05, 3.63) is 145 Å². The molecule has 268 valence electrons. The van der Waals surface area contributed by atoms with Crippen LogP contribution in [-0.4, -0.2) is 24.6 Å². The van der Waals surface area contributed by atoms with Crippen LogP contribution < -0.4 is 10.6 Å². The summed E-state index contributed by atoms with van der Waals surface area (Å²) in [6.07, 6.45) is 7.72. The van der Waals surface area contributed by atoms with Crippen LogP contribution in [0.5, 0.6) is 0 Å². The molecule has 0 nitrogen and oxygen atoms in total. The predicted molar refractivity (Wildman–Crippen MR) is 231 cm³/mol. The van der Waals surface area contributed by atoms with Crippen LogP contribution in [0.4, 0.5) is 0 Å². The molecule has 0 heterocycles. The van der Waals surface area contributed by atoms with Crippen LogP contribution in [0.15, 0.2) is 133 Å². The van der Waals surface area contributed by atoms with E-state index in [4.69, 9.17) is 0 Å². The van der Waals surface area contributed by atoms with Crippen LogP contribution in [0.3, 0.4) is 0 Å². The van der Waals surface area contributed by atoms with Gasteiger partial charge in [-0.25, -0.2) is 0 Å². The number of aryl methyl sites for hydroxylation is 2. The summed E-state index contributed by atoms with van der Waals surface area (Å²) in [5, 5.41) is 8.85. The fourth-order valence-electron chi connectivity index (χ4n) is 6.55. The van der Waals surface area contributed by atoms with Crippen LogP contribution in [0.25, 0.3) is 21.5 Å². The third-order valence-corrected chi connectivity index (χ3v) is 15.3. The van der Waals surface area contributed by atoms with Gasteiger partial charge in [-0.2, -0.15) is 12.1 Å². The molecule has 6 aromatic rings. The number of hydrogen-bond acceptors (Lipinski definition) is 0. The Kier molecular flexibility index (Phi) is 19.3. The van der Waals surface area contributed by atoms with E-state index in [2.05, 4.69) is 189 Å². The molecular weight excluding hydrogens is 730 g/mol. The van der Waals surface area contributed by atoms with E-state index >= 15 is 0 Å². The molecule has 0 aromatic heterocycles. The van der Waals surface area contributed by atoms with Gasteiger partial charge in [0.1, 0.15) is 0 Å². The minimum absolute atomic E-state index is 0. The quantitative estimate of drug-likeness (QED) is 0.0807. The van der Waals surface area contributed by atoms with Crippen molar-refractivity contribution >= 4 is 48.0 Å². The van der Waals surface area contributed by atoms with Crippen molar-refractivity contribution < 1.29 is 26.2 Å². The van der Waals surface area contributed by atoms with E-state index in [0.29, 0.717) is 0 Å². The molecule has 0 saturated heterocycles. The first-order valence-corrected chi connectivity index (χ1v) is 22.4. The van der Waals surface area contributed by atoms with Crippen molar-refractivity contribution in [2.45, 2.75) is 68.2 Å². The van der Waals surface area contributed by atoms with Gasteiger partial charge in [-0.15, -0.1) is 80.7 Å². The SMILES string of the molecule is CC(C)CP(CC(C)C)c1cc2ccccc2[cH-]1.CC(C)CP(CC(C)C)c1cc2ccccc2[cH-]1.[Zr+2].c1ccc(CCc2ccccc2)cc1. The second-order valence-electron chi connectivity index (χ2n) is 15.5. The van der Waals surface area contributed by atoms with Gasteiger partial charge in [0, 0.05) is 0 Å². The number of fused-ring (bicyclic) bond motifs is 2. The Bertz CT molecular complexity index is 1560. The van der Waals surface area contributed by atoms with Gasteiger partial charge in [0.2, 0.25) is 0 Å². The summed E-state index contributed by atoms with van der Waals surface area (Å²) in [5.41, 5.74) is 2.83. The van der Waals surface area contributed by atoms with Crippen molar-refractivity contribution in [3.8, 4) is 0 Å². The van der Waals surface area contributed by atoms with Gasteiger partial charge in [0.25, 0.3) is 0 Å². The van der Waals surface area contributed by atoms with E-state index in [9.17, 15) is 0 Å². The van der Waals surface area contributed by atoms with E-state index in [1.807, 2.05) is 0 Å². The summed E-state index contributed by atoms with van der Waals surface area (Å²) in [4.78, 5) is 0. The van der Waals surface area contributed by atoms with Crippen molar-refractivity contribution in [2.75, 3.05) is 24.6 Å². The Morgan fingerprint density at radius 1 is 0.412 bits per heavy atom. The maximum atomic E-state index is 2.42. The molecule has 0 aliphatic heterocycles. The molecule has 0 aliphatic rings. The normalized spacial score (nSPS) is 11.3. The average molecular weight is 792 g/mol. The van der Waals surface area contributed by atoms with Gasteiger partial charge in [0.15, 0.2) is 0 Å². The summed E-state index contributed by atoms with van der Waals surface area (Å²) in [5.74, 6) is 3.20. The number of hydrogen-bond donors (Lipinski definition) is 0. The van der Waals surface area contributed by atoms with Crippen molar-refractivity contribution in [3.63, 3.8) is 0 Å². The zero-order valence-electron chi connectivity index (χ0n) is 32.6. The first-order chi connectivity index (χ1) is 24.1. The van der Waals surface area contributed by atoms with Crippen LogP contribution in [0.2, 0.25) is 0 Å². The fraction of sp³-hybridized carbons (Fsp3) is 0.375. The first kappa shape index (κ1) is 43.2. The van der Waals surface area contributed by atoms with Gasteiger partial charge in [-0.3, -0.25) is 0 Å². The van der Waals surface area contributed by atoms with Crippen LogP contribution in [-0.2, 0) is 39.0 Å². The molecular formula is C48H62P2Zr. The van der Waals surface area contributed by atoms with Crippen LogP contribution >= 0.6 is 15.8 Å². The Balaban J connectivity index is 0.000000206. The van der Waals surface area contributed by atoms with Gasteiger partial charge in [-0.1, -0.05) is 144 Å². The summed E-state index contributed by atoms with van der Waals surface area (Å²) in [7, 11) is 0.0370. The minimum atomic E-state index is 0. The van der Waals surface area contributed by atoms with E-state index in [0.717, 1.165) is 36.5 Å². The molecule has 0 spiro atoms. The predicted octanol–water partition coefficient (Wildman–Crippen LogP) is 13.4. The molecule has 0 N–H and O–H groups in total. The van der Waals surface area contributed by atoms with Gasteiger partial charge >= 0.3 is 26.2 Å².